The fourth-order valence-corrected chi connectivity index (χ4v) is 6.68. The van der Waals surface area contributed by atoms with Gasteiger partial charge in [0.25, 0.3) is 0 Å². The molecule has 3 aliphatic rings. The second-order valence-electron chi connectivity index (χ2n) is 10.1. The van der Waals surface area contributed by atoms with Crippen LogP contribution in [-0.4, -0.2) is 12.1 Å². The first-order valence-electron chi connectivity index (χ1n) is 9.97. The number of hydrogen-bond donors (Lipinski definition) is 0. The third-order valence-corrected chi connectivity index (χ3v) is 8.07. The molecule has 1 spiro atoms. The molecule has 0 aliphatic heterocycles. The Morgan fingerprint density at radius 3 is 2.32 bits per heavy atom. The van der Waals surface area contributed by atoms with Crippen molar-refractivity contribution < 1.29 is 9.53 Å². The molecule has 0 radical (unpaired) electrons. The predicted molar refractivity (Wildman–Crippen MR) is 100 cm³/mol. The number of ether oxygens (including phenoxy) is 1. The van der Waals surface area contributed by atoms with E-state index in [1.807, 2.05) is 0 Å². The molecule has 2 nitrogen and oxygen atoms in total. The molecule has 0 aromatic heterocycles. The molecular weight excluding hydrogens is 308 g/mol. The minimum Gasteiger partial charge on any atom is -0.461 e. The largest absolute Gasteiger partial charge is 0.461 e. The van der Waals surface area contributed by atoms with E-state index < -0.39 is 0 Å². The van der Waals surface area contributed by atoms with E-state index in [0.29, 0.717) is 18.3 Å². The van der Waals surface area contributed by atoms with Crippen molar-refractivity contribution in [1.29, 1.82) is 0 Å². The van der Waals surface area contributed by atoms with Crippen molar-refractivity contribution in [2.45, 2.75) is 72.8 Å². The van der Waals surface area contributed by atoms with Gasteiger partial charge in [0.2, 0.25) is 0 Å². The summed E-state index contributed by atoms with van der Waals surface area (Å²) in [5, 5.41) is 0. The molecule has 1 aromatic rings. The summed E-state index contributed by atoms with van der Waals surface area (Å²) < 4.78 is 6.32. The van der Waals surface area contributed by atoms with E-state index >= 15 is 0 Å². The number of fused-ring (bicyclic) bond motifs is 4. The maximum Gasteiger partial charge on any atom is 0.306 e. The molecule has 25 heavy (non-hydrogen) atoms. The Bertz CT molecular complexity index is 677. The van der Waals surface area contributed by atoms with E-state index in [4.69, 9.17) is 4.74 Å². The molecule has 4 rings (SSSR count). The molecule has 3 atom stereocenters. The zero-order valence-corrected chi connectivity index (χ0v) is 16.4. The Labute approximate surface area is 152 Å². The summed E-state index contributed by atoms with van der Waals surface area (Å²) in [7, 11) is 0. The van der Waals surface area contributed by atoms with Crippen molar-refractivity contribution in [3.63, 3.8) is 0 Å². The van der Waals surface area contributed by atoms with Gasteiger partial charge in [-0.3, -0.25) is 4.79 Å². The maximum atomic E-state index is 12.6. The lowest BCUT2D eigenvalue weighted by Gasteiger charge is -2.44. The molecule has 0 amide bonds. The average Bonchev–Trinajstić information content (AvgIpc) is 3.03. The van der Waals surface area contributed by atoms with Crippen molar-refractivity contribution in [3.8, 4) is 0 Å². The molecular formula is C23H32O2. The summed E-state index contributed by atoms with van der Waals surface area (Å²) in [5.41, 5.74) is 3.36. The van der Waals surface area contributed by atoms with Crippen LogP contribution in [0.5, 0.6) is 0 Å². The Balaban J connectivity index is 1.73. The number of carbonyl (C=O) groups is 1. The van der Waals surface area contributed by atoms with Crippen LogP contribution in [0.4, 0.5) is 0 Å². The zero-order chi connectivity index (χ0) is 18.0. The van der Waals surface area contributed by atoms with Crippen molar-refractivity contribution in [3.05, 3.63) is 35.4 Å². The highest BCUT2D eigenvalue weighted by molar-refractivity contribution is 5.70. The molecule has 136 valence electrons. The monoisotopic (exact) mass is 340 g/mol. The molecule has 0 N–H and O–H groups in total. The summed E-state index contributed by atoms with van der Waals surface area (Å²) in [6.45, 7) is 11.4. The molecule has 2 bridgehead atoms. The van der Waals surface area contributed by atoms with Crippen LogP contribution in [0.25, 0.3) is 0 Å². The standard InChI is InChI=1S/C23H32O2/c1-15(2)12-19(24)25-20-22(5)11-10-18(21(22,3)4)23(20)13-16-8-6-7-9-17(16)14-23/h6-9,15,18,20H,10-14H2,1-5H3. The van der Waals surface area contributed by atoms with Crippen LogP contribution >= 0.6 is 0 Å². The SMILES string of the molecule is CC(C)CC(=O)OC1C2(Cc3ccccc3C2)C2CCC1(C)C2(C)C. The summed E-state index contributed by atoms with van der Waals surface area (Å²) in [4.78, 5) is 12.6. The minimum atomic E-state index is -0.0000869. The molecule has 0 saturated heterocycles. The first kappa shape index (κ1) is 17.1. The Morgan fingerprint density at radius 2 is 1.76 bits per heavy atom. The van der Waals surface area contributed by atoms with Crippen molar-refractivity contribution in [1.82, 2.24) is 0 Å². The number of hydrogen-bond acceptors (Lipinski definition) is 2. The van der Waals surface area contributed by atoms with E-state index in [0.717, 1.165) is 12.8 Å². The van der Waals surface area contributed by atoms with Gasteiger partial charge in [0.1, 0.15) is 6.10 Å². The number of esters is 1. The lowest BCUT2D eigenvalue weighted by molar-refractivity contribution is -0.168. The van der Waals surface area contributed by atoms with Gasteiger partial charge in [-0.2, -0.15) is 0 Å². The van der Waals surface area contributed by atoms with Gasteiger partial charge in [-0.1, -0.05) is 58.9 Å². The van der Waals surface area contributed by atoms with Crippen LogP contribution in [0.15, 0.2) is 24.3 Å². The van der Waals surface area contributed by atoms with Gasteiger partial charge in [-0.15, -0.1) is 0 Å². The van der Waals surface area contributed by atoms with E-state index in [9.17, 15) is 4.79 Å². The molecule has 1 aromatic carbocycles. The smallest absolute Gasteiger partial charge is 0.306 e. The van der Waals surface area contributed by atoms with Gasteiger partial charge in [0.05, 0.1) is 0 Å². The van der Waals surface area contributed by atoms with Crippen LogP contribution in [0.3, 0.4) is 0 Å². The number of carbonyl (C=O) groups excluding carboxylic acids is 1. The Hall–Kier alpha value is -1.31. The summed E-state index contributed by atoms with van der Waals surface area (Å²) in [5.74, 6) is 0.984. The molecule has 3 unspecified atom stereocenters. The van der Waals surface area contributed by atoms with Crippen LogP contribution < -0.4 is 0 Å². The van der Waals surface area contributed by atoms with Gasteiger partial charge in [0.15, 0.2) is 0 Å². The normalized spacial score (nSPS) is 33.8. The topological polar surface area (TPSA) is 26.3 Å². The quantitative estimate of drug-likeness (QED) is 0.708. The van der Waals surface area contributed by atoms with Gasteiger partial charge in [0, 0.05) is 17.3 Å². The molecule has 2 heteroatoms. The Kier molecular flexibility index (Phi) is 3.66. The third-order valence-electron chi connectivity index (χ3n) is 8.07. The predicted octanol–water partition coefficient (Wildman–Crippen LogP) is 5.19. The van der Waals surface area contributed by atoms with Gasteiger partial charge in [-0.05, 0) is 54.1 Å². The first-order valence-corrected chi connectivity index (χ1v) is 9.97. The van der Waals surface area contributed by atoms with Gasteiger partial charge < -0.3 is 4.74 Å². The highest BCUT2D eigenvalue weighted by atomic mass is 16.5. The minimum absolute atomic E-state index is 0.0000869. The second kappa shape index (κ2) is 5.34. The highest BCUT2D eigenvalue weighted by Gasteiger charge is 2.74. The highest BCUT2D eigenvalue weighted by Crippen LogP contribution is 2.75. The fraction of sp³-hybridized carbons (Fsp3) is 0.696. The summed E-state index contributed by atoms with van der Waals surface area (Å²) >= 11 is 0. The molecule has 0 heterocycles. The van der Waals surface area contributed by atoms with E-state index in [2.05, 4.69) is 58.9 Å². The van der Waals surface area contributed by atoms with Crippen molar-refractivity contribution in [2.75, 3.05) is 0 Å². The summed E-state index contributed by atoms with van der Waals surface area (Å²) in [6.07, 6.45) is 5.19. The molecule has 2 fully saturated rings. The second-order valence-corrected chi connectivity index (χ2v) is 10.1. The first-order chi connectivity index (χ1) is 11.7. The third kappa shape index (κ3) is 2.18. The van der Waals surface area contributed by atoms with Crippen LogP contribution in [0.2, 0.25) is 0 Å². The van der Waals surface area contributed by atoms with E-state index in [-0.39, 0.29) is 28.3 Å². The maximum absolute atomic E-state index is 12.6. The number of rotatable bonds is 3. The van der Waals surface area contributed by atoms with E-state index in [1.54, 1.807) is 0 Å². The molecule has 2 saturated carbocycles. The van der Waals surface area contributed by atoms with Crippen molar-refractivity contribution >= 4 is 5.97 Å². The van der Waals surface area contributed by atoms with Gasteiger partial charge in [-0.25, -0.2) is 0 Å². The molecule has 3 aliphatic carbocycles. The lowest BCUT2D eigenvalue weighted by Crippen LogP contribution is -2.48. The van der Waals surface area contributed by atoms with E-state index in [1.165, 1.54) is 24.0 Å². The fourth-order valence-electron chi connectivity index (χ4n) is 6.68. The summed E-state index contributed by atoms with van der Waals surface area (Å²) in [6, 6.07) is 8.85. The van der Waals surface area contributed by atoms with Gasteiger partial charge >= 0.3 is 5.97 Å². The van der Waals surface area contributed by atoms with Crippen LogP contribution in [0, 0.1) is 28.1 Å². The van der Waals surface area contributed by atoms with Crippen LogP contribution in [-0.2, 0) is 22.4 Å². The average molecular weight is 341 g/mol. The Morgan fingerprint density at radius 1 is 1.16 bits per heavy atom. The lowest BCUT2D eigenvalue weighted by atomic mass is 9.66. The van der Waals surface area contributed by atoms with Crippen molar-refractivity contribution in [2.24, 2.45) is 28.1 Å². The van der Waals surface area contributed by atoms with Crippen LogP contribution in [0.1, 0.15) is 65.0 Å². The number of benzene rings is 1. The zero-order valence-electron chi connectivity index (χ0n) is 16.4.